The van der Waals surface area contributed by atoms with Gasteiger partial charge in [0.1, 0.15) is 0 Å². The van der Waals surface area contributed by atoms with Crippen molar-refractivity contribution >= 4 is 23.1 Å². The maximum atomic E-state index is 13.0. The molecule has 2 aliphatic heterocycles. The van der Waals surface area contributed by atoms with Crippen molar-refractivity contribution in [3.8, 4) is 6.07 Å². The van der Waals surface area contributed by atoms with E-state index in [1.54, 1.807) is 25.1 Å². The lowest BCUT2D eigenvalue weighted by atomic mass is 10.0. The molecule has 1 amide bonds. The molecule has 1 atom stereocenters. The van der Waals surface area contributed by atoms with E-state index in [-0.39, 0.29) is 17.7 Å². The maximum absolute atomic E-state index is 13.0. The van der Waals surface area contributed by atoms with E-state index in [2.05, 4.69) is 15.9 Å². The molecule has 2 aromatic carbocycles. The Bertz CT molecular complexity index is 959. The average Bonchev–Trinajstić information content (AvgIpc) is 3.15. The zero-order valence-electron chi connectivity index (χ0n) is 16.5. The second-order valence-corrected chi connectivity index (χ2v) is 7.55. The van der Waals surface area contributed by atoms with Crippen molar-refractivity contribution in [1.29, 1.82) is 5.26 Å². The minimum absolute atomic E-state index is 0.00334. The number of carbonyl (C=O) groups is 2. The Balaban J connectivity index is 1.45. The summed E-state index contributed by atoms with van der Waals surface area (Å²) in [6.45, 7) is 5.26. The maximum Gasteiger partial charge on any atom is 0.244 e. The molecule has 2 fully saturated rings. The summed E-state index contributed by atoms with van der Waals surface area (Å²) in [5.41, 5.74) is 2.97. The molecule has 0 saturated carbocycles. The molecule has 2 saturated heterocycles. The summed E-state index contributed by atoms with van der Waals surface area (Å²) < 4.78 is 0. The Morgan fingerprint density at radius 3 is 2.41 bits per heavy atom. The van der Waals surface area contributed by atoms with Crippen molar-refractivity contribution in [2.75, 3.05) is 42.5 Å². The van der Waals surface area contributed by atoms with Gasteiger partial charge < -0.3 is 9.80 Å². The first-order valence-electron chi connectivity index (χ1n) is 9.99. The van der Waals surface area contributed by atoms with E-state index in [1.165, 1.54) is 0 Å². The van der Waals surface area contributed by atoms with Gasteiger partial charge in [0.25, 0.3) is 0 Å². The number of para-hydroxylation sites is 1. The van der Waals surface area contributed by atoms with Crippen molar-refractivity contribution in [3.05, 3.63) is 59.7 Å². The number of Topliss-reactive ketones (excluding diaryl/α,β-unsaturated/α-hetero) is 1. The van der Waals surface area contributed by atoms with Crippen LogP contribution in [0.1, 0.15) is 29.3 Å². The Labute approximate surface area is 170 Å². The summed E-state index contributed by atoms with van der Waals surface area (Å²) in [4.78, 5) is 31.3. The first-order chi connectivity index (χ1) is 14.1. The summed E-state index contributed by atoms with van der Waals surface area (Å²) in [5, 5.41) is 9.22. The highest BCUT2D eigenvalue weighted by Gasteiger charge is 2.37. The fraction of sp³-hybridized carbons (Fsp3) is 0.348. The lowest BCUT2D eigenvalue weighted by Crippen LogP contribution is -2.52. The van der Waals surface area contributed by atoms with Gasteiger partial charge in [-0.1, -0.05) is 18.2 Å². The quantitative estimate of drug-likeness (QED) is 0.754. The van der Waals surface area contributed by atoms with Crippen LogP contribution in [-0.4, -0.2) is 55.4 Å². The highest BCUT2D eigenvalue weighted by atomic mass is 16.2. The fourth-order valence-corrected chi connectivity index (χ4v) is 4.30. The predicted octanol–water partition coefficient (Wildman–Crippen LogP) is 2.69. The van der Waals surface area contributed by atoms with E-state index in [0.717, 1.165) is 50.5 Å². The van der Waals surface area contributed by atoms with Gasteiger partial charge in [-0.25, -0.2) is 0 Å². The van der Waals surface area contributed by atoms with Crippen LogP contribution in [0.2, 0.25) is 0 Å². The van der Waals surface area contributed by atoms with Crippen LogP contribution in [0.5, 0.6) is 0 Å². The van der Waals surface area contributed by atoms with E-state index in [1.807, 2.05) is 35.2 Å². The normalized spacial score (nSPS) is 20.0. The summed E-state index contributed by atoms with van der Waals surface area (Å²) in [5.74, 6) is 0.164. The predicted molar refractivity (Wildman–Crippen MR) is 112 cm³/mol. The van der Waals surface area contributed by atoms with Gasteiger partial charge in [-0.3, -0.25) is 14.5 Å². The van der Waals surface area contributed by atoms with Crippen LogP contribution >= 0.6 is 0 Å². The zero-order valence-corrected chi connectivity index (χ0v) is 16.5. The minimum atomic E-state index is -0.0879. The summed E-state index contributed by atoms with van der Waals surface area (Å²) in [6.07, 6.45) is 0.830. The van der Waals surface area contributed by atoms with E-state index < -0.39 is 0 Å². The Kier molecular flexibility index (Phi) is 5.32. The number of nitrogens with zero attached hydrogens (tertiary/aromatic N) is 4. The molecule has 0 N–H and O–H groups in total. The van der Waals surface area contributed by atoms with Gasteiger partial charge in [0, 0.05) is 49.7 Å². The van der Waals surface area contributed by atoms with Gasteiger partial charge in [0.2, 0.25) is 5.91 Å². The highest BCUT2D eigenvalue weighted by Crippen LogP contribution is 2.28. The first kappa shape index (κ1) is 19.2. The standard InChI is InChI=1S/C23H24N4O2/c1-17(28)20-8-7-18(16-24)15-22(20)26-13-11-25(12-14-26)21-9-10-27(23(21)29)19-5-3-2-4-6-19/h2-8,15,21H,9-14H2,1H3. The third-order valence-corrected chi connectivity index (χ3v) is 5.85. The van der Waals surface area contributed by atoms with Crippen LogP contribution in [0.3, 0.4) is 0 Å². The third kappa shape index (κ3) is 3.74. The number of piperazine rings is 1. The van der Waals surface area contributed by atoms with Crippen molar-refractivity contribution in [2.24, 2.45) is 0 Å². The summed E-state index contributed by atoms with van der Waals surface area (Å²) in [6, 6.07) is 17.1. The Morgan fingerprint density at radius 1 is 1.03 bits per heavy atom. The number of hydrogen-bond donors (Lipinski definition) is 0. The van der Waals surface area contributed by atoms with Crippen LogP contribution in [0.25, 0.3) is 0 Å². The van der Waals surface area contributed by atoms with E-state index in [9.17, 15) is 14.9 Å². The van der Waals surface area contributed by atoms with Crippen LogP contribution in [-0.2, 0) is 4.79 Å². The van der Waals surface area contributed by atoms with Gasteiger partial charge in [-0.05, 0) is 43.7 Å². The van der Waals surface area contributed by atoms with E-state index in [0.29, 0.717) is 11.1 Å². The van der Waals surface area contributed by atoms with Crippen molar-refractivity contribution in [2.45, 2.75) is 19.4 Å². The van der Waals surface area contributed by atoms with Crippen molar-refractivity contribution in [1.82, 2.24) is 4.90 Å². The SMILES string of the molecule is CC(=O)c1ccc(C#N)cc1N1CCN(C2CCN(c3ccccc3)C2=O)CC1. The smallest absolute Gasteiger partial charge is 0.244 e. The molecule has 0 radical (unpaired) electrons. The topological polar surface area (TPSA) is 67.7 Å². The number of amides is 1. The third-order valence-electron chi connectivity index (χ3n) is 5.85. The molecule has 0 aliphatic carbocycles. The second-order valence-electron chi connectivity index (χ2n) is 7.55. The largest absolute Gasteiger partial charge is 0.368 e. The number of anilines is 2. The van der Waals surface area contributed by atoms with Crippen LogP contribution in [0.15, 0.2) is 48.5 Å². The van der Waals surface area contributed by atoms with Gasteiger partial charge in [-0.2, -0.15) is 5.26 Å². The molecule has 0 spiro atoms. The molecule has 29 heavy (non-hydrogen) atoms. The molecule has 6 heteroatoms. The van der Waals surface area contributed by atoms with Crippen LogP contribution in [0.4, 0.5) is 11.4 Å². The number of hydrogen-bond acceptors (Lipinski definition) is 5. The molecule has 0 aromatic heterocycles. The number of ketones is 1. The Morgan fingerprint density at radius 2 is 1.76 bits per heavy atom. The van der Waals surface area contributed by atoms with E-state index in [4.69, 9.17) is 0 Å². The molecule has 2 aliphatic rings. The molecule has 4 rings (SSSR count). The minimum Gasteiger partial charge on any atom is -0.368 e. The summed E-state index contributed by atoms with van der Waals surface area (Å²) >= 11 is 0. The number of rotatable bonds is 4. The monoisotopic (exact) mass is 388 g/mol. The Hall–Kier alpha value is -3.17. The fourth-order valence-electron chi connectivity index (χ4n) is 4.30. The van der Waals surface area contributed by atoms with Gasteiger partial charge >= 0.3 is 0 Å². The van der Waals surface area contributed by atoms with E-state index >= 15 is 0 Å². The first-order valence-corrected chi connectivity index (χ1v) is 9.99. The molecule has 2 aromatic rings. The molecular weight excluding hydrogens is 364 g/mol. The lowest BCUT2D eigenvalue weighted by molar-refractivity contribution is -0.121. The molecule has 1 unspecified atom stereocenters. The number of carbonyl (C=O) groups excluding carboxylic acids is 2. The van der Waals surface area contributed by atoms with Crippen molar-refractivity contribution < 1.29 is 9.59 Å². The molecule has 148 valence electrons. The molecular formula is C23H24N4O2. The average molecular weight is 388 g/mol. The van der Waals surface area contributed by atoms with Crippen LogP contribution in [0, 0.1) is 11.3 Å². The molecule has 6 nitrogen and oxygen atoms in total. The highest BCUT2D eigenvalue weighted by molar-refractivity contribution is 6.00. The van der Waals surface area contributed by atoms with Gasteiger partial charge in [0.15, 0.2) is 5.78 Å². The van der Waals surface area contributed by atoms with Crippen molar-refractivity contribution in [3.63, 3.8) is 0 Å². The van der Waals surface area contributed by atoms with Crippen LogP contribution < -0.4 is 9.80 Å². The number of benzene rings is 2. The summed E-state index contributed by atoms with van der Waals surface area (Å²) in [7, 11) is 0. The lowest BCUT2D eigenvalue weighted by Gasteiger charge is -2.39. The molecule has 2 heterocycles. The number of nitriles is 1. The second kappa shape index (κ2) is 8.06. The molecule has 0 bridgehead atoms. The van der Waals surface area contributed by atoms with Gasteiger partial charge in [-0.15, -0.1) is 0 Å². The van der Waals surface area contributed by atoms with Gasteiger partial charge in [0.05, 0.1) is 17.7 Å². The zero-order chi connectivity index (χ0) is 20.4.